The van der Waals surface area contributed by atoms with Crippen molar-refractivity contribution in [3.05, 3.63) is 71.4 Å². The second kappa shape index (κ2) is 8.09. The third kappa shape index (κ3) is 4.03. The van der Waals surface area contributed by atoms with E-state index in [0.717, 1.165) is 11.3 Å². The van der Waals surface area contributed by atoms with Crippen LogP contribution in [0.2, 0.25) is 5.02 Å². The number of nitrogens with zero attached hydrogens (tertiary/aromatic N) is 3. The number of amides is 2. The molecule has 0 bridgehead atoms. The zero-order valence-electron chi connectivity index (χ0n) is 15.8. The van der Waals surface area contributed by atoms with Gasteiger partial charge in [0.1, 0.15) is 5.69 Å². The normalized spacial score (nSPS) is 14.7. The first kappa shape index (κ1) is 19.2. The van der Waals surface area contributed by atoms with Crippen LogP contribution in [0, 0.1) is 5.92 Å². The van der Waals surface area contributed by atoms with E-state index in [4.69, 9.17) is 22.4 Å². The maximum absolute atomic E-state index is 13.3. The third-order valence-corrected chi connectivity index (χ3v) is 5.51. The summed E-state index contributed by atoms with van der Waals surface area (Å²) in [5.41, 5.74) is 8.28. The third-order valence-electron chi connectivity index (χ3n) is 5.25. The molecular formula is C22H21ClN4O2. The first-order valence-corrected chi connectivity index (χ1v) is 9.91. The minimum atomic E-state index is -0.295. The first-order chi connectivity index (χ1) is 14.0. The number of hydrogen-bond donors (Lipinski definition) is 1. The molecule has 1 fully saturated rings. The predicted octanol–water partition coefficient (Wildman–Crippen LogP) is 3.53. The summed E-state index contributed by atoms with van der Waals surface area (Å²) in [5, 5.41) is 5.33. The van der Waals surface area contributed by atoms with Gasteiger partial charge in [0.15, 0.2) is 0 Å². The second-order valence-electron chi connectivity index (χ2n) is 7.14. The Bertz CT molecular complexity index is 1020. The van der Waals surface area contributed by atoms with E-state index in [1.807, 2.05) is 42.5 Å². The molecule has 2 N–H and O–H groups in total. The number of piperidine rings is 1. The van der Waals surface area contributed by atoms with Crippen LogP contribution in [-0.2, 0) is 4.79 Å². The van der Waals surface area contributed by atoms with Crippen LogP contribution in [0.15, 0.2) is 60.7 Å². The molecule has 1 aliphatic heterocycles. The molecule has 1 saturated heterocycles. The molecule has 2 heterocycles. The molecule has 4 rings (SSSR count). The lowest BCUT2D eigenvalue weighted by Gasteiger charge is -2.30. The van der Waals surface area contributed by atoms with Gasteiger partial charge >= 0.3 is 0 Å². The van der Waals surface area contributed by atoms with Crippen LogP contribution in [0.4, 0.5) is 0 Å². The van der Waals surface area contributed by atoms with Crippen LogP contribution >= 0.6 is 11.6 Å². The number of likely N-dealkylation sites (tertiary alicyclic amines) is 1. The van der Waals surface area contributed by atoms with E-state index in [1.165, 1.54) is 0 Å². The summed E-state index contributed by atoms with van der Waals surface area (Å²) in [6.45, 7) is 1.01. The number of primary amides is 1. The molecule has 0 saturated carbocycles. The number of rotatable bonds is 4. The van der Waals surface area contributed by atoms with Crippen LogP contribution in [-0.4, -0.2) is 39.6 Å². The van der Waals surface area contributed by atoms with Crippen molar-refractivity contribution in [3.8, 4) is 16.9 Å². The molecule has 2 aromatic carbocycles. The fraction of sp³-hybridized carbons (Fsp3) is 0.227. The van der Waals surface area contributed by atoms with Gasteiger partial charge in [-0.25, -0.2) is 4.68 Å². The Hall–Kier alpha value is -3.12. The van der Waals surface area contributed by atoms with E-state index in [0.29, 0.717) is 42.3 Å². The predicted molar refractivity (Wildman–Crippen MR) is 112 cm³/mol. The molecule has 148 valence electrons. The summed E-state index contributed by atoms with van der Waals surface area (Å²) in [4.78, 5) is 26.5. The maximum atomic E-state index is 13.3. The van der Waals surface area contributed by atoms with Gasteiger partial charge in [-0.3, -0.25) is 9.59 Å². The summed E-state index contributed by atoms with van der Waals surface area (Å²) in [6, 6.07) is 18.7. The van der Waals surface area contributed by atoms with Crippen molar-refractivity contribution in [1.82, 2.24) is 14.7 Å². The molecule has 29 heavy (non-hydrogen) atoms. The molecule has 1 aromatic heterocycles. The Labute approximate surface area is 173 Å². The minimum absolute atomic E-state index is 0.107. The lowest BCUT2D eigenvalue weighted by Crippen LogP contribution is -2.42. The maximum Gasteiger partial charge on any atom is 0.272 e. The number of aromatic nitrogens is 2. The largest absolute Gasteiger partial charge is 0.369 e. The monoisotopic (exact) mass is 408 g/mol. The average Bonchev–Trinajstić information content (AvgIpc) is 3.20. The van der Waals surface area contributed by atoms with Crippen LogP contribution in [0.5, 0.6) is 0 Å². The van der Waals surface area contributed by atoms with E-state index in [-0.39, 0.29) is 17.7 Å². The summed E-state index contributed by atoms with van der Waals surface area (Å²) in [7, 11) is 0. The second-order valence-corrected chi connectivity index (χ2v) is 7.57. The zero-order chi connectivity index (χ0) is 20.4. The first-order valence-electron chi connectivity index (χ1n) is 9.53. The van der Waals surface area contributed by atoms with Crippen molar-refractivity contribution in [1.29, 1.82) is 0 Å². The number of carbonyl (C=O) groups is 2. The highest BCUT2D eigenvalue weighted by molar-refractivity contribution is 6.30. The van der Waals surface area contributed by atoms with Gasteiger partial charge in [-0.05, 0) is 43.2 Å². The fourth-order valence-corrected chi connectivity index (χ4v) is 3.72. The molecule has 2 amide bonds. The van der Waals surface area contributed by atoms with Crippen LogP contribution in [0.25, 0.3) is 16.9 Å². The van der Waals surface area contributed by atoms with Gasteiger partial charge in [-0.2, -0.15) is 5.10 Å². The number of benzene rings is 2. The highest BCUT2D eigenvalue weighted by Gasteiger charge is 2.29. The fourth-order valence-electron chi connectivity index (χ4n) is 3.59. The Kier molecular flexibility index (Phi) is 5.36. The molecule has 0 aliphatic carbocycles. The van der Waals surface area contributed by atoms with Gasteiger partial charge in [0, 0.05) is 29.6 Å². The zero-order valence-corrected chi connectivity index (χ0v) is 16.5. The lowest BCUT2D eigenvalue weighted by molar-refractivity contribution is -0.123. The topological polar surface area (TPSA) is 81.2 Å². The molecule has 1 aliphatic rings. The van der Waals surface area contributed by atoms with Crippen LogP contribution in [0.3, 0.4) is 0 Å². The van der Waals surface area contributed by atoms with E-state index in [9.17, 15) is 9.59 Å². The SMILES string of the molecule is NC(=O)C1CCN(C(=O)c2cc(-c3ccc(Cl)cc3)nn2-c2ccccc2)CC1. The molecule has 0 radical (unpaired) electrons. The van der Waals surface area contributed by atoms with Crippen molar-refractivity contribution in [2.75, 3.05) is 13.1 Å². The lowest BCUT2D eigenvalue weighted by atomic mass is 9.96. The van der Waals surface area contributed by atoms with Crippen molar-refractivity contribution < 1.29 is 9.59 Å². The Balaban J connectivity index is 1.68. The Morgan fingerprint density at radius 3 is 2.28 bits per heavy atom. The van der Waals surface area contributed by atoms with Crippen LogP contribution in [0.1, 0.15) is 23.3 Å². The molecule has 0 spiro atoms. The highest BCUT2D eigenvalue weighted by atomic mass is 35.5. The van der Waals surface area contributed by atoms with Gasteiger partial charge in [-0.1, -0.05) is 41.9 Å². The van der Waals surface area contributed by atoms with Crippen molar-refractivity contribution in [3.63, 3.8) is 0 Å². The molecule has 0 unspecified atom stereocenters. The highest BCUT2D eigenvalue weighted by Crippen LogP contribution is 2.25. The number of halogens is 1. The molecule has 0 atom stereocenters. The number of para-hydroxylation sites is 1. The Morgan fingerprint density at radius 2 is 1.66 bits per heavy atom. The van der Waals surface area contributed by atoms with E-state index < -0.39 is 0 Å². The number of hydrogen-bond acceptors (Lipinski definition) is 3. The molecule has 7 heteroatoms. The van der Waals surface area contributed by atoms with Crippen molar-refractivity contribution in [2.24, 2.45) is 11.7 Å². The van der Waals surface area contributed by atoms with Crippen molar-refractivity contribution in [2.45, 2.75) is 12.8 Å². The molecule has 3 aromatic rings. The molecule has 6 nitrogen and oxygen atoms in total. The smallest absolute Gasteiger partial charge is 0.272 e. The van der Waals surface area contributed by atoms with Gasteiger partial charge in [0.05, 0.1) is 11.4 Å². The molecular weight excluding hydrogens is 388 g/mol. The summed E-state index contributed by atoms with van der Waals surface area (Å²) in [6.07, 6.45) is 1.18. The van der Waals surface area contributed by atoms with Gasteiger partial charge in [0.25, 0.3) is 5.91 Å². The van der Waals surface area contributed by atoms with Crippen LogP contribution < -0.4 is 5.73 Å². The van der Waals surface area contributed by atoms with E-state index >= 15 is 0 Å². The summed E-state index contributed by atoms with van der Waals surface area (Å²) in [5.74, 6) is -0.566. The van der Waals surface area contributed by atoms with E-state index in [1.54, 1.807) is 27.8 Å². The van der Waals surface area contributed by atoms with E-state index in [2.05, 4.69) is 0 Å². The average molecular weight is 409 g/mol. The number of nitrogens with two attached hydrogens (primary N) is 1. The Morgan fingerprint density at radius 1 is 1.00 bits per heavy atom. The van der Waals surface area contributed by atoms with Gasteiger partial charge < -0.3 is 10.6 Å². The van der Waals surface area contributed by atoms with Gasteiger partial charge in [0.2, 0.25) is 5.91 Å². The summed E-state index contributed by atoms with van der Waals surface area (Å²) < 4.78 is 1.67. The number of carbonyl (C=O) groups excluding carboxylic acids is 2. The summed E-state index contributed by atoms with van der Waals surface area (Å²) >= 11 is 6.00. The standard InChI is InChI=1S/C22H21ClN4O2/c23-17-8-6-15(7-9-17)19-14-20(27(25-19)18-4-2-1-3-5-18)22(29)26-12-10-16(11-13-26)21(24)28/h1-9,14,16H,10-13H2,(H2,24,28). The van der Waals surface area contributed by atoms with Gasteiger partial charge in [-0.15, -0.1) is 0 Å². The quantitative estimate of drug-likeness (QED) is 0.717. The minimum Gasteiger partial charge on any atom is -0.369 e. The van der Waals surface area contributed by atoms with Crippen molar-refractivity contribution >= 4 is 23.4 Å².